The molecule has 0 aliphatic heterocycles. The van der Waals surface area contributed by atoms with Gasteiger partial charge in [0.15, 0.2) is 5.78 Å². The number of hydrogen-bond acceptors (Lipinski definition) is 4. The van der Waals surface area contributed by atoms with Crippen LogP contribution in [0.5, 0.6) is 0 Å². The van der Waals surface area contributed by atoms with Gasteiger partial charge in [-0.3, -0.25) is 9.59 Å². The number of ketones is 1. The summed E-state index contributed by atoms with van der Waals surface area (Å²) in [6, 6.07) is 4.22. The van der Waals surface area contributed by atoms with Crippen molar-refractivity contribution in [3.63, 3.8) is 0 Å². The number of halogens is 1. The lowest BCUT2D eigenvalue weighted by atomic mass is 9.46. The first kappa shape index (κ1) is 26.4. The van der Waals surface area contributed by atoms with Gasteiger partial charge in [-0.2, -0.15) is 0 Å². The van der Waals surface area contributed by atoms with Crippen LogP contribution in [0.4, 0.5) is 0 Å². The van der Waals surface area contributed by atoms with E-state index in [9.17, 15) is 14.7 Å². The zero-order chi connectivity index (χ0) is 25.8. The van der Waals surface area contributed by atoms with E-state index in [4.69, 9.17) is 0 Å². The number of carbonyl (C=O) groups excluding carboxylic acids is 2. The Morgan fingerprint density at radius 2 is 2.03 bits per heavy atom. The summed E-state index contributed by atoms with van der Waals surface area (Å²) in [5.41, 5.74) is 1.15. The second kappa shape index (κ2) is 9.81. The highest BCUT2D eigenvalue weighted by Gasteiger charge is 2.61. The predicted octanol–water partition coefficient (Wildman–Crippen LogP) is 7.00. The van der Waals surface area contributed by atoms with Gasteiger partial charge in [-0.15, -0.1) is 11.3 Å². The van der Waals surface area contributed by atoms with E-state index < -0.39 is 0 Å². The number of aliphatic hydroxyl groups is 1. The highest BCUT2D eigenvalue weighted by atomic mass is 79.9. The van der Waals surface area contributed by atoms with E-state index in [2.05, 4.69) is 61.1 Å². The summed E-state index contributed by atoms with van der Waals surface area (Å²) in [7, 11) is 0. The van der Waals surface area contributed by atoms with Crippen LogP contribution >= 0.6 is 27.3 Å². The van der Waals surface area contributed by atoms with Crippen molar-refractivity contribution in [1.29, 1.82) is 0 Å². The normalized spacial score (nSPS) is 39.0. The third kappa shape index (κ3) is 4.39. The minimum absolute atomic E-state index is 0.0545. The van der Waals surface area contributed by atoms with Crippen molar-refractivity contribution in [3.8, 4) is 0 Å². The summed E-state index contributed by atoms with van der Waals surface area (Å²) in [6.45, 7) is 9.11. The molecule has 9 atom stereocenters. The van der Waals surface area contributed by atoms with Crippen LogP contribution in [0.3, 0.4) is 0 Å². The number of thiophene rings is 1. The van der Waals surface area contributed by atoms with Crippen molar-refractivity contribution < 1.29 is 14.7 Å². The molecule has 1 aromatic heterocycles. The SMILES string of the molecule is CC[C@@H](NC(=O)C[C@@H](C)[C@H]1CC[C@H]2[C@@H]3[C@H](O)CC4=CC(=O)C=C[C@]4(C)[C@H]3CC[C@]12C)c1ccc(Br)s1. The molecule has 1 aromatic rings. The largest absolute Gasteiger partial charge is 0.392 e. The highest BCUT2D eigenvalue weighted by molar-refractivity contribution is 9.11. The Morgan fingerprint density at radius 1 is 1.25 bits per heavy atom. The molecule has 4 aliphatic rings. The summed E-state index contributed by atoms with van der Waals surface area (Å²) < 4.78 is 1.09. The number of carbonyl (C=O) groups is 2. The van der Waals surface area contributed by atoms with Gasteiger partial charge in [0.05, 0.1) is 15.9 Å². The number of nitrogens with one attached hydrogen (secondary N) is 1. The quantitative estimate of drug-likeness (QED) is 0.385. The summed E-state index contributed by atoms with van der Waals surface area (Å²) in [4.78, 5) is 26.4. The molecule has 4 aliphatic carbocycles. The molecule has 4 nitrogen and oxygen atoms in total. The first-order valence-electron chi connectivity index (χ1n) is 13.7. The van der Waals surface area contributed by atoms with Crippen LogP contribution in [0.2, 0.25) is 0 Å². The van der Waals surface area contributed by atoms with E-state index in [0.717, 1.165) is 41.5 Å². The molecule has 1 amide bonds. The first-order valence-corrected chi connectivity index (χ1v) is 15.3. The topological polar surface area (TPSA) is 66.4 Å². The first-order chi connectivity index (χ1) is 17.1. The molecule has 0 radical (unpaired) electrons. The molecular weight excluding hydrogens is 534 g/mol. The fraction of sp³-hybridized carbons (Fsp3) is 0.667. The molecule has 3 saturated carbocycles. The Bertz CT molecular complexity index is 1090. The molecule has 0 bridgehead atoms. The highest BCUT2D eigenvalue weighted by Crippen LogP contribution is 2.67. The number of fused-ring (bicyclic) bond motifs is 5. The molecule has 36 heavy (non-hydrogen) atoms. The van der Waals surface area contributed by atoms with Crippen molar-refractivity contribution in [2.45, 2.75) is 84.8 Å². The van der Waals surface area contributed by atoms with Crippen molar-refractivity contribution in [2.24, 2.45) is 40.4 Å². The van der Waals surface area contributed by atoms with Gasteiger partial charge < -0.3 is 10.4 Å². The number of aliphatic hydroxyl groups excluding tert-OH is 1. The maximum Gasteiger partial charge on any atom is 0.220 e. The average Bonchev–Trinajstić information content (AvgIpc) is 3.41. The van der Waals surface area contributed by atoms with Crippen molar-refractivity contribution in [1.82, 2.24) is 5.32 Å². The predicted molar refractivity (Wildman–Crippen MR) is 148 cm³/mol. The van der Waals surface area contributed by atoms with E-state index >= 15 is 0 Å². The molecule has 6 heteroatoms. The van der Waals surface area contributed by atoms with Gasteiger partial charge in [-0.05, 0) is 114 Å². The molecule has 0 aromatic carbocycles. The summed E-state index contributed by atoms with van der Waals surface area (Å²) in [6.07, 6.45) is 11.8. The molecule has 2 N–H and O–H groups in total. The Hall–Kier alpha value is -1.24. The number of rotatable bonds is 6. The van der Waals surface area contributed by atoms with Crippen LogP contribution in [0.25, 0.3) is 0 Å². The molecule has 0 saturated heterocycles. The van der Waals surface area contributed by atoms with Crippen LogP contribution in [0, 0.1) is 40.4 Å². The minimum Gasteiger partial charge on any atom is -0.392 e. The number of hydrogen-bond donors (Lipinski definition) is 2. The van der Waals surface area contributed by atoms with E-state index in [1.165, 1.54) is 4.88 Å². The van der Waals surface area contributed by atoms with Crippen LogP contribution in [0.15, 0.2) is 39.7 Å². The van der Waals surface area contributed by atoms with Crippen molar-refractivity contribution in [3.05, 3.63) is 44.6 Å². The average molecular weight is 575 g/mol. The lowest BCUT2D eigenvalue weighted by molar-refractivity contribution is -0.125. The maximum atomic E-state index is 13.1. The van der Waals surface area contributed by atoms with Crippen LogP contribution < -0.4 is 5.32 Å². The molecule has 0 spiro atoms. The van der Waals surface area contributed by atoms with Gasteiger partial charge >= 0.3 is 0 Å². The third-order valence-electron chi connectivity index (χ3n) is 10.5. The summed E-state index contributed by atoms with van der Waals surface area (Å²) >= 11 is 5.23. The van der Waals surface area contributed by atoms with Crippen LogP contribution in [-0.2, 0) is 9.59 Å². The van der Waals surface area contributed by atoms with E-state index in [0.29, 0.717) is 36.5 Å². The van der Waals surface area contributed by atoms with Gasteiger partial charge in [-0.25, -0.2) is 0 Å². The molecule has 1 heterocycles. The van der Waals surface area contributed by atoms with Gasteiger partial charge in [0.25, 0.3) is 0 Å². The van der Waals surface area contributed by atoms with Gasteiger partial charge in [-0.1, -0.05) is 39.3 Å². The van der Waals surface area contributed by atoms with E-state index in [1.54, 1.807) is 23.5 Å². The molecule has 196 valence electrons. The molecule has 3 fully saturated rings. The molecular formula is C30H40BrNO3S. The van der Waals surface area contributed by atoms with Crippen molar-refractivity contribution in [2.75, 3.05) is 0 Å². The lowest BCUT2D eigenvalue weighted by Gasteiger charge is -2.58. The fourth-order valence-electron chi connectivity index (χ4n) is 8.72. The van der Waals surface area contributed by atoms with Gasteiger partial charge in [0, 0.05) is 16.7 Å². The monoisotopic (exact) mass is 573 g/mol. The number of amides is 1. The number of allylic oxidation sites excluding steroid dienone is 3. The molecule has 0 unspecified atom stereocenters. The Morgan fingerprint density at radius 3 is 2.72 bits per heavy atom. The Balaban J connectivity index is 1.29. The third-order valence-corrected chi connectivity index (χ3v) is 12.3. The lowest BCUT2D eigenvalue weighted by Crippen LogP contribution is -2.55. The Kier molecular flexibility index (Phi) is 7.19. The van der Waals surface area contributed by atoms with E-state index in [-0.39, 0.29) is 40.6 Å². The van der Waals surface area contributed by atoms with Gasteiger partial charge in [0.1, 0.15) is 0 Å². The van der Waals surface area contributed by atoms with Crippen LogP contribution in [0.1, 0.15) is 83.6 Å². The maximum absolute atomic E-state index is 13.1. The standard InChI is InChI=1S/C30H40BrNO3S/c1-5-23(25-8-9-26(31)36-25)32-27(35)14-17(2)20-6-7-21-28-22(11-13-30(20,21)4)29(3)12-10-19(33)15-18(29)16-24(28)34/h8-10,12,15,17,20-24,28,34H,5-7,11,13-14,16H2,1-4H3,(H,32,35)/t17-,20-,21+,22+,23-,24-,28+,29+,30-/m1/s1. The smallest absolute Gasteiger partial charge is 0.220 e. The minimum atomic E-state index is -0.383. The van der Waals surface area contributed by atoms with Gasteiger partial charge in [0.2, 0.25) is 5.91 Å². The van der Waals surface area contributed by atoms with E-state index in [1.807, 2.05) is 6.07 Å². The molecule has 5 rings (SSSR count). The zero-order valence-corrected chi connectivity index (χ0v) is 24.3. The van der Waals surface area contributed by atoms with Crippen molar-refractivity contribution >= 4 is 39.0 Å². The zero-order valence-electron chi connectivity index (χ0n) is 21.9. The fourth-order valence-corrected chi connectivity index (χ4v) is 10.3. The Labute approximate surface area is 228 Å². The summed E-state index contributed by atoms with van der Waals surface area (Å²) in [5, 5.41) is 14.7. The second-order valence-corrected chi connectivity index (χ2v) is 14.8. The van der Waals surface area contributed by atoms with Crippen LogP contribution in [-0.4, -0.2) is 22.9 Å². The second-order valence-electron chi connectivity index (χ2n) is 12.3. The summed E-state index contributed by atoms with van der Waals surface area (Å²) in [5.74, 6) is 2.11.